The van der Waals surface area contributed by atoms with Gasteiger partial charge in [0.15, 0.2) is 0 Å². The summed E-state index contributed by atoms with van der Waals surface area (Å²) in [5.74, 6) is -0.353. The Morgan fingerprint density at radius 1 is 1.56 bits per heavy atom. The van der Waals surface area contributed by atoms with Gasteiger partial charge in [-0.3, -0.25) is 4.79 Å². The van der Waals surface area contributed by atoms with Crippen molar-refractivity contribution in [3.8, 4) is 5.75 Å². The monoisotopic (exact) mass is 250 g/mol. The number of ether oxygens (including phenoxy) is 1. The van der Waals surface area contributed by atoms with Crippen molar-refractivity contribution in [3.05, 3.63) is 29.8 Å². The molecule has 1 aliphatic rings. The zero-order valence-electron chi connectivity index (χ0n) is 10.3. The number of hydrogen-bond donors (Lipinski definition) is 3. The van der Waals surface area contributed by atoms with Crippen molar-refractivity contribution in [2.45, 2.75) is 31.5 Å². The van der Waals surface area contributed by atoms with Crippen LogP contribution in [-0.2, 0) is 4.74 Å². The molecule has 1 aromatic carbocycles. The van der Waals surface area contributed by atoms with Gasteiger partial charge in [-0.05, 0) is 25.5 Å². The minimum atomic E-state index is -0.321. The van der Waals surface area contributed by atoms with Crippen LogP contribution in [0.25, 0.3) is 0 Å². The van der Waals surface area contributed by atoms with Crippen LogP contribution in [0.3, 0.4) is 0 Å². The molecular formula is C13H18N2O3. The van der Waals surface area contributed by atoms with Crippen molar-refractivity contribution < 1.29 is 14.6 Å². The number of carbonyl (C=O) groups is 1. The van der Waals surface area contributed by atoms with E-state index in [0.717, 1.165) is 6.42 Å². The molecule has 0 radical (unpaired) electrons. The highest BCUT2D eigenvalue weighted by Crippen LogP contribution is 2.24. The molecule has 0 aliphatic heterocycles. The van der Waals surface area contributed by atoms with Gasteiger partial charge in [-0.25, -0.2) is 0 Å². The number of nitrogens with two attached hydrogens (primary N) is 1. The molecule has 0 bridgehead atoms. The molecule has 0 aromatic heterocycles. The van der Waals surface area contributed by atoms with Gasteiger partial charge >= 0.3 is 0 Å². The van der Waals surface area contributed by atoms with Gasteiger partial charge in [-0.15, -0.1) is 0 Å². The van der Waals surface area contributed by atoms with Crippen LogP contribution in [0.1, 0.15) is 23.7 Å². The molecule has 4 N–H and O–H groups in total. The summed E-state index contributed by atoms with van der Waals surface area (Å²) in [5, 5.41) is 12.4. The molecule has 3 atom stereocenters. The van der Waals surface area contributed by atoms with Gasteiger partial charge in [0.2, 0.25) is 0 Å². The number of benzene rings is 1. The highest BCUT2D eigenvalue weighted by molar-refractivity contribution is 5.97. The fourth-order valence-corrected chi connectivity index (χ4v) is 2.12. The standard InChI is InChI=1S/C13H18N2O3/c1-2-18-11-7-9(14)12(11)15-13(17)8-5-3-4-6-10(8)16/h3-6,9,11-12,16H,2,7,14H2,1H3,(H,15,17). The first-order chi connectivity index (χ1) is 8.63. The maximum atomic E-state index is 12.0. The molecule has 1 amide bonds. The molecular weight excluding hydrogens is 232 g/mol. The number of para-hydroxylation sites is 1. The number of aromatic hydroxyl groups is 1. The number of carbonyl (C=O) groups excluding carboxylic acids is 1. The van der Waals surface area contributed by atoms with Gasteiger partial charge in [0.1, 0.15) is 5.75 Å². The molecule has 1 saturated carbocycles. The van der Waals surface area contributed by atoms with Gasteiger partial charge < -0.3 is 20.9 Å². The zero-order chi connectivity index (χ0) is 13.1. The van der Waals surface area contributed by atoms with Crippen molar-refractivity contribution in [1.29, 1.82) is 0 Å². The molecule has 3 unspecified atom stereocenters. The lowest BCUT2D eigenvalue weighted by molar-refractivity contribution is -0.0300. The molecule has 0 spiro atoms. The van der Waals surface area contributed by atoms with E-state index in [4.69, 9.17) is 10.5 Å². The van der Waals surface area contributed by atoms with Crippen LogP contribution in [-0.4, -0.2) is 35.8 Å². The summed E-state index contributed by atoms with van der Waals surface area (Å²) in [6.45, 7) is 2.51. The summed E-state index contributed by atoms with van der Waals surface area (Å²) in [6.07, 6.45) is 0.722. The largest absolute Gasteiger partial charge is 0.507 e. The third-order valence-corrected chi connectivity index (χ3v) is 3.19. The van der Waals surface area contributed by atoms with Gasteiger partial charge in [-0.2, -0.15) is 0 Å². The molecule has 18 heavy (non-hydrogen) atoms. The van der Waals surface area contributed by atoms with Crippen molar-refractivity contribution in [2.75, 3.05) is 6.61 Å². The molecule has 0 heterocycles. The average Bonchev–Trinajstić information content (AvgIpc) is 2.36. The number of phenols is 1. The highest BCUT2D eigenvalue weighted by Gasteiger charge is 2.40. The lowest BCUT2D eigenvalue weighted by Crippen LogP contribution is -2.64. The third kappa shape index (κ3) is 2.47. The van der Waals surface area contributed by atoms with E-state index in [-0.39, 0.29) is 35.4 Å². The first-order valence-electron chi connectivity index (χ1n) is 6.09. The van der Waals surface area contributed by atoms with E-state index in [1.165, 1.54) is 6.07 Å². The quantitative estimate of drug-likeness (QED) is 0.731. The zero-order valence-corrected chi connectivity index (χ0v) is 10.3. The number of hydrogen-bond acceptors (Lipinski definition) is 4. The second kappa shape index (κ2) is 5.37. The molecule has 2 rings (SSSR count). The fourth-order valence-electron chi connectivity index (χ4n) is 2.12. The fraction of sp³-hybridized carbons (Fsp3) is 0.462. The van der Waals surface area contributed by atoms with E-state index in [1.807, 2.05) is 6.92 Å². The minimum absolute atomic E-state index is 0.0280. The van der Waals surface area contributed by atoms with Gasteiger partial charge in [-0.1, -0.05) is 12.1 Å². The van der Waals surface area contributed by atoms with E-state index >= 15 is 0 Å². The molecule has 5 heteroatoms. The van der Waals surface area contributed by atoms with Gasteiger partial charge in [0.05, 0.1) is 17.7 Å². The highest BCUT2D eigenvalue weighted by atomic mass is 16.5. The van der Waals surface area contributed by atoms with Crippen LogP contribution in [0.2, 0.25) is 0 Å². The Balaban J connectivity index is 2.01. The summed E-state index contributed by atoms with van der Waals surface area (Å²) in [6, 6.07) is 6.16. The van der Waals surface area contributed by atoms with Crippen molar-refractivity contribution in [2.24, 2.45) is 5.73 Å². The average molecular weight is 250 g/mol. The van der Waals surface area contributed by atoms with Gasteiger partial charge in [0, 0.05) is 12.6 Å². The topological polar surface area (TPSA) is 84.6 Å². The van der Waals surface area contributed by atoms with Crippen LogP contribution in [0.4, 0.5) is 0 Å². The Morgan fingerprint density at radius 3 is 2.89 bits per heavy atom. The third-order valence-electron chi connectivity index (χ3n) is 3.19. The number of rotatable bonds is 4. The van der Waals surface area contributed by atoms with E-state index < -0.39 is 0 Å². The summed E-state index contributed by atoms with van der Waals surface area (Å²) < 4.78 is 5.47. The second-order valence-electron chi connectivity index (χ2n) is 4.41. The van der Waals surface area contributed by atoms with Crippen molar-refractivity contribution >= 4 is 5.91 Å². The predicted molar refractivity (Wildman–Crippen MR) is 67.4 cm³/mol. The Labute approximate surface area is 106 Å². The van der Waals surface area contributed by atoms with E-state index in [0.29, 0.717) is 6.61 Å². The van der Waals surface area contributed by atoms with Crippen molar-refractivity contribution in [3.63, 3.8) is 0 Å². The van der Waals surface area contributed by atoms with Crippen LogP contribution >= 0.6 is 0 Å². The number of amides is 1. The maximum Gasteiger partial charge on any atom is 0.255 e. The predicted octanol–water partition coefficient (Wildman–Crippen LogP) is 0.627. The Bertz CT molecular complexity index is 434. The lowest BCUT2D eigenvalue weighted by atomic mass is 9.83. The summed E-state index contributed by atoms with van der Waals surface area (Å²) in [4.78, 5) is 12.0. The van der Waals surface area contributed by atoms with Crippen LogP contribution in [0.5, 0.6) is 5.75 Å². The van der Waals surface area contributed by atoms with Crippen molar-refractivity contribution in [1.82, 2.24) is 5.32 Å². The Morgan fingerprint density at radius 2 is 2.28 bits per heavy atom. The van der Waals surface area contributed by atoms with E-state index in [2.05, 4.69) is 5.32 Å². The molecule has 98 valence electrons. The number of nitrogens with one attached hydrogen (secondary N) is 1. The van der Waals surface area contributed by atoms with Gasteiger partial charge in [0.25, 0.3) is 5.91 Å². The molecule has 1 aliphatic carbocycles. The Kier molecular flexibility index (Phi) is 3.84. The smallest absolute Gasteiger partial charge is 0.255 e. The summed E-state index contributed by atoms with van der Waals surface area (Å²) in [5.41, 5.74) is 6.11. The minimum Gasteiger partial charge on any atom is -0.507 e. The number of phenolic OH excluding ortho intramolecular Hbond substituents is 1. The van der Waals surface area contributed by atoms with Crippen LogP contribution in [0, 0.1) is 0 Å². The Hall–Kier alpha value is -1.59. The molecule has 1 fully saturated rings. The second-order valence-corrected chi connectivity index (χ2v) is 4.41. The maximum absolute atomic E-state index is 12.0. The van der Waals surface area contributed by atoms with E-state index in [1.54, 1.807) is 18.2 Å². The molecule has 0 saturated heterocycles. The summed E-state index contributed by atoms with van der Waals surface area (Å²) >= 11 is 0. The van der Waals surface area contributed by atoms with Crippen LogP contribution < -0.4 is 11.1 Å². The summed E-state index contributed by atoms with van der Waals surface area (Å²) in [7, 11) is 0. The lowest BCUT2D eigenvalue weighted by Gasteiger charge is -2.42. The van der Waals surface area contributed by atoms with Crippen LogP contribution in [0.15, 0.2) is 24.3 Å². The first-order valence-corrected chi connectivity index (χ1v) is 6.09. The molecule has 5 nitrogen and oxygen atoms in total. The molecule has 1 aromatic rings. The SMILES string of the molecule is CCOC1CC(N)C1NC(=O)c1ccccc1O. The normalized spacial score (nSPS) is 26.4. The first kappa shape index (κ1) is 12.9. The van der Waals surface area contributed by atoms with E-state index in [9.17, 15) is 9.90 Å².